The van der Waals surface area contributed by atoms with Gasteiger partial charge in [0.2, 0.25) is 11.8 Å². The molecule has 0 aromatic heterocycles. The van der Waals surface area contributed by atoms with E-state index in [1.807, 2.05) is 50.2 Å². The summed E-state index contributed by atoms with van der Waals surface area (Å²) in [5, 5.41) is 4.21. The van der Waals surface area contributed by atoms with E-state index >= 15 is 0 Å². The summed E-state index contributed by atoms with van der Waals surface area (Å²) < 4.78 is 0. The lowest BCUT2D eigenvalue weighted by atomic mass is 10.1. The lowest BCUT2D eigenvalue weighted by Gasteiger charge is -2.29. The first-order valence-corrected chi connectivity index (χ1v) is 11.3. The number of nitrogens with zero attached hydrogens (tertiary/aromatic N) is 1. The predicted octanol–water partition coefficient (Wildman–Crippen LogP) is 5.17. The molecule has 0 heterocycles. The predicted molar refractivity (Wildman–Crippen MR) is 122 cm³/mol. The zero-order chi connectivity index (χ0) is 21.4. The van der Waals surface area contributed by atoms with Crippen molar-refractivity contribution in [3.63, 3.8) is 0 Å². The van der Waals surface area contributed by atoms with Crippen molar-refractivity contribution in [2.75, 3.05) is 5.75 Å². The van der Waals surface area contributed by atoms with Crippen LogP contribution in [0.25, 0.3) is 0 Å². The Hall–Kier alpha value is -1.69. The van der Waals surface area contributed by atoms with Gasteiger partial charge < -0.3 is 10.2 Å². The Morgan fingerprint density at radius 1 is 0.931 bits per heavy atom. The zero-order valence-corrected chi connectivity index (χ0v) is 19.2. The monoisotopic (exact) mass is 452 g/mol. The number of halogens is 2. The van der Waals surface area contributed by atoms with Crippen LogP contribution in [0.1, 0.15) is 31.9 Å². The number of rotatable bonds is 9. The van der Waals surface area contributed by atoms with Gasteiger partial charge in [0.05, 0.1) is 5.75 Å². The number of thioether (sulfide) groups is 1. The normalized spacial score (nSPS) is 11.9. The third-order valence-electron chi connectivity index (χ3n) is 4.27. The number of carbonyl (C=O) groups is 2. The molecule has 1 atom stereocenters. The van der Waals surface area contributed by atoms with Crippen molar-refractivity contribution >= 4 is 46.8 Å². The van der Waals surface area contributed by atoms with Crippen LogP contribution in [0.2, 0.25) is 10.0 Å². The molecule has 0 aliphatic heterocycles. The summed E-state index contributed by atoms with van der Waals surface area (Å²) in [4.78, 5) is 27.1. The molecule has 0 bridgehead atoms. The number of amides is 2. The molecule has 0 spiro atoms. The fraction of sp³-hybridized carbons (Fsp3) is 0.364. The topological polar surface area (TPSA) is 49.4 Å². The Balaban J connectivity index is 2.05. The van der Waals surface area contributed by atoms with Crippen molar-refractivity contribution in [3.05, 3.63) is 69.7 Å². The molecule has 2 aromatic rings. The van der Waals surface area contributed by atoms with Gasteiger partial charge >= 0.3 is 0 Å². The van der Waals surface area contributed by atoms with Gasteiger partial charge in [-0.15, -0.1) is 11.8 Å². The molecule has 2 rings (SSSR count). The highest BCUT2D eigenvalue weighted by Crippen LogP contribution is 2.18. The van der Waals surface area contributed by atoms with Crippen LogP contribution in [-0.2, 0) is 21.9 Å². The fourth-order valence-electron chi connectivity index (χ4n) is 2.69. The first-order chi connectivity index (χ1) is 13.8. The van der Waals surface area contributed by atoms with Gasteiger partial charge in [-0.1, -0.05) is 47.5 Å². The van der Waals surface area contributed by atoms with Crippen LogP contribution in [0.15, 0.2) is 48.5 Å². The summed E-state index contributed by atoms with van der Waals surface area (Å²) in [5.74, 6) is 0.745. The van der Waals surface area contributed by atoms with Crippen LogP contribution in [0, 0.1) is 0 Å². The Morgan fingerprint density at radius 2 is 1.45 bits per heavy atom. The van der Waals surface area contributed by atoms with E-state index in [2.05, 4.69) is 5.32 Å². The molecule has 4 nitrogen and oxygen atoms in total. The van der Waals surface area contributed by atoms with Crippen LogP contribution >= 0.6 is 35.0 Å². The molecule has 0 saturated heterocycles. The Bertz CT molecular complexity index is 811. The van der Waals surface area contributed by atoms with Crippen molar-refractivity contribution in [3.8, 4) is 0 Å². The summed E-state index contributed by atoms with van der Waals surface area (Å²) >= 11 is 13.4. The van der Waals surface area contributed by atoms with Crippen molar-refractivity contribution in [2.45, 2.75) is 45.2 Å². The third kappa shape index (κ3) is 7.92. The molecular weight excluding hydrogens is 427 g/mol. The number of nitrogens with one attached hydrogen (secondary N) is 1. The Morgan fingerprint density at radius 3 is 1.97 bits per heavy atom. The van der Waals surface area contributed by atoms with E-state index in [-0.39, 0.29) is 23.6 Å². The summed E-state index contributed by atoms with van der Waals surface area (Å²) in [7, 11) is 0. The van der Waals surface area contributed by atoms with Gasteiger partial charge in [0, 0.05) is 28.4 Å². The SMILES string of the molecule is CC(C)NC(=O)[C@H](C)N(Cc1ccc(Cl)cc1)C(=O)CSCc1ccc(Cl)cc1. The summed E-state index contributed by atoms with van der Waals surface area (Å²) in [6.07, 6.45) is 0. The number of hydrogen-bond acceptors (Lipinski definition) is 3. The fourth-order valence-corrected chi connectivity index (χ4v) is 3.82. The van der Waals surface area contributed by atoms with Crippen molar-refractivity contribution in [1.82, 2.24) is 10.2 Å². The maximum atomic E-state index is 13.0. The van der Waals surface area contributed by atoms with Crippen molar-refractivity contribution in [2.24, 2.45) is 0 Å². The minimum absolute atomic E-state index is 0.0108. The molecule has 1 N–H and O–H groups in total. The van der Waals surface area contributed by atoms with Crippen LogP contribution in [0.5, 0.6) is 0 Å². The van der Waals surface area contributed by atoms with E-state index in [1.54, 1.807) is 24.0 Å². The third-order valence-corrected chi connectivity index (χ3v) is 5.76. The van der Waals surface area contributed by atoms with Crippen LogP contribution in [-0.4, -0.2) is 34.6 Å². The second kappa shape index (κ2) is 11.5. The lowest BCUT2D eigenvalue weighted by molar-refractivity contribution is -0.138. The average Bonchev–Trinajstić information content (AvgIpc) is 2.68. The van der Waals surface area contributed by atoms with Crippen molar-refractivity contribution < 1.29 is 9.59 Å². The molecule has 0 saturated carbocycles. The largest absolute Gasteiger partial charge is 0.352 e. The molecule has 2 aromatic carbocycles. The number of benzene rings is 2. The van der Waals surface area contributed by atoms with Gasteiger partial charge in [-0.3, -0.25) is 9.59 Å². The maximum Gasteiger partial charge on any atom is 0.242 e. The van der Waals surface area contributed by atoms with Crippen LogP contribution < -0.4 is 5.32 Å². The highest BCUT2D eigenvalue weighted by Gasteiger charge is 2.26. The molecule has 0 fully saturated rings. The highest BCUT2D eigenvalue weighted by atomic mass is 35.5. The van der Waals surface area contributed by atoms with E-state index in [9.17, 15) is 9.59 Å². The summed E-state index contributed by atoms with van der Waals surface area (Å²) in [5.41, 5.74) is 2.02. The zero-order valence-electron chi connectivity index (χ0n) is 16.8. The van der Waals surface area contributed by atoms with Gasteiger partial charge in [-0.25, -0.2) is 0 Å². The molecule has 29 heavy (non-hydrogen) atoms. The van der Waals surface area contributed by atoms with Gasteiger partial charge in [-0.2, -0.15) is 0 Å². The minimum Gasteiger partial charge on any atom is -0.352 e. The molecular formula is C22H26Cl2N2O2S. The average molecular weight is 453 g/mol. The van der Waals surface area contributed by atoms with Gasteiger partial charge in [0.15, 0.2) is 0 Å². The number of hydrogen-bond donors (Lipinski definition) is 1. The number of carbonyl (C=O) groups excluding carboxylic acids is 2. The van der Waals surface area contributed by atoms with Crippen LogP contribution in [0.3, 0.4) is 0 Å². The van der Waals surface area contributed by atoms with Crippen LogP contribution in [0.4, 0.5) is 0 Å². The molecule has 156 valence electrons. The van der Waals surface area contributed by atoms with E-state index in [0.29, 0.717) is 22.3 Å². The van der Waals surface area contributed by atoms with Crippen molar-refractivity contribution in [1.29, 1.82) is 0 Å². The van der Waals surface area contributed by atoms with Gasteiger partial charge in [0.25, 0.3) is 0 Å². The minimum atomic E-state index is -0.572. The smallest absolute Gasteiger partial charge is 0.242 e. The molecule has 2 amide bonds. The maximum absolute atomic E-state index is 13.0. The van der Waals surface area contributed by atoms with E-state index in [1.165, 1.54) is 11.8 Å². The quantitative estimate of drug-likeness (QED) is 0.570. The lowest BCUT2D eigenvalue weighted by Crippen LogP contribution is -2.49. The second-order valence-electron chi connectivity index (χ2n) is 7.11. The molecule has 0 radical (unpaired) electrons. The standard InChI is InChI=1S/C22H26Cl2N2O2S/c1-15(2)25-22(28)16(3)26(12-17-4-8-19(23)9-5-17)21(27)14-29-13-18-6-10-20(24)11-7-18/h4-11,15-16H,12-14H2,1-3H3,(H,25,28)/t16-/m0/s1. The molecule has 0 aliphatic carbocycles. The van der Waals surface area contributed by atoms with Gasteiger partial charge in [-0.05, 0) is 56.2 Å². The molecule has 7 heteroatoms. The molecule has 0 aliphatic rings. The Kier molecular flexibility index (Phi) is 9.34. The summed E-state index contributed by atoms with van der Waals surface area (Å²) in [6.45, 7) is 5.91. The molecule has 0 unspecified atom stereocenters. The van der Waals surface area contributed by atoms with E-state index in [4.69, 9.17) is 23.2 Å². The van der Waals surface area contributed by atoms with E-state index in [0.717, 1.165) is 11.1 Å². The Labute approximate surface area is 187 Å². The van der Waals surface area contributed by atoms with Gasteiger partial charge in [0.1, 0.15) is 6.04 Å². The van der Waals surface area contributed by atoms with E-state index < -0.39 is 6.04 Å². The second-order valence-corrected chi connectivity index (χ2v) is 8.97. The highest BCUT2D eigenvalue weighted by molar-refractivity contribution is 7.99. The summed E-state index contributed by atoms with van der Waals surface area (Å²) in [6, 6.07) is 14.3. The first kappa shape index (κ1) is 23.6. The first-order valence-electron chi connectivity index (χ1n) is 9.42.